The highest BCUT2D eigenvalue weighted by atomic mass is 19.1. The van der Waals surface area contributed by atoms with Crippen LogP contribution in [0, 0.1) is 5.82 Å². The SMILES string of the molecule is C=CC(=O)OCOc1ccc(C(=O)OCCc2ccc(OC(=O)c3ccc(OCOC(=O)C=C)cc3)c(F)c2)cc1. The van der Waals surface area contributed by atoms with Crippen molar-refractivity contribution >= 4 is 23.9 Å². The minimum absolute atomic E-state index is 0.0195. The molecule has 0 spiro atoms. The van der Waals surface area contributed by atoms with Gasteiger partial charge in [-0.3, -0.25) is 0 Å². The number of halogens is 1. The summed E-state index contributed by atoms with van der Waals surface area (Å²) >= 11 is 0. The Morgan fingerprint density at radius 3 is 1.68 bits per heavy atom. The summed E-state index contributed by atoms with van der Waals surface area (Å²) in [5, 5.41) is 0. The zero-order chi connectivity index (χ0) is 29.6. The lowest BCUT2D eigenvalue weighted by atomic mass is 10.1. The van der Waals surface area contributed by atoms with Crippen molar-refractivity contribution in [2.45, 2.75) is 6.42 Å². The van der Waals surface area contributed by atoms with E-state index < -0.39 is 29.7 Å². The first kappa shape index (κ1) is 30.1. The molecule has 11 heteroatoms. The van der Waals surface area contributed by atoms with E-state index in [1.54, 1.807) is 6.07 Å². The molecule has 212 valence electrons. The topological polar surface area (TPSA) is 124 Å². The van der Waals surface area contributed by atoms with E-state index in [1.165, 1.54) is 60.7 Å². The maximum atomic E-state index is 14.6. The lowest BCUT2D eigenvalue weighted by molar-refractivity contribution is -0.145. The normalized spacial score (nSPS) is 10.1. The Morgan fingerprint density at radius 2 is 1.20 bits per heavy atom. The number of esters is 4. The first-order valence-corrected chi connectivity index (χ1v) is 12.0. The zero-order valence-electron chi connectivity index (χ0n) is 21.7. The average Bonchev–Trinajstić information content (AvgIpc) is 2.98. The summed E-state index contributed by atoms with van der Waals surface area (Å²) in [5.41, 5.74) is 0.933. The summed E-state index contributed by atoms with van der Waals surface area (Å²) in [4.78, 5) is 46.7. The van der Waals surface area contributed by atoms with Crippen molar-refractivity contribution in [3.8, 4) is 17.2 Å². The maximum absolute atomic E-state index is 14.6. The van der Waals surface area contributed by atoms with E-state index in [-0.39, 0.29) is 43.5 Å². The van der Waals surface area contributed by atoms with Crippen LogP contribution in [-0.2, 0) is 30.2 Å². The second kappa shape index (κ2) is 15.2. The monoisotopic (exact) mass is 564 g/mol. The minimum Gasteiger partial charge on any atom is -0.462 e. The molecule has 0 bridgehead atoms. The third-order valence-corrected chi connectivity index (χ3v) is 5.19. The second-order valence-electron chi connectivity index (χ2n) is 7.95. The van der Waals surface area contributed by atoms with Gasteiger partial charge in [0.25, 0.3) is 0 Å². The van der Waals surface area contributed by atoms with Crippen molar-refractivity contribution in [1.29, 1.82) is 0 Å². The van der Waals surface area contributed by atoms with Gasteiger partial charge in [-0.05, 0) is 66.2 Å². The Labute approximate surface area is 234 Å². The van der Waals surface area contributed by atoms with Gasteiger partial charge in [0, 0.05) is 18.6 Å². The van der Waals surface area contributed by atoms with Crippen LogP contribution in [-0.4, -0.2) is 44.1 Å². The number of ether oxygens (including phenoxy) is 6. The first-order chi connectivity index (χ1) is 19.8. The molecule has 0 amide bonds. The molecule has 0 aromatic heterocycles. The molecule has 0 unspecified atom stereocenters. The van der Waals surface area contributed by atoms with Crippen molar-refractivity contribution in [2.24, 2.45) is 0 Å². The zero-order valence-corrected chi connectivity index (χ0v) is 21.7. The number of benzene rings is 3. The lowest BCUT2D eigenvalue weighted by Crippen LogP contribution is -2.11. The molecule has 0 N–H and O–H groups in total. The molecule has 0 heterocycles. The highest BCUT2D eigenvalue weighted by Crippen LogP contribution is 2.21. The van der Waals surface area contributed by atoms with Gasteiger partial charge >= 0.3 is 23.9 Å². The van der Waals surface area contributed by atoms with E-state index in [4.69, 9.17) is 28.4 Å². The van der Waals surface area contributed by atoms with E-state index in [0.717, 1.165) is 12.2 Å². The van der Waals surface area contributed by atoms with Gasteiger partial charge < -0.3 is 28.4 Å². The molecule has 41 heavy (non-hydrogen) atoms. The van der Waals surface area contributed by atoms with Crippen molar-refractivity contribution < 1.29 is 52.0 Å². The molecule has 0 radical (unpaired) electrons. The summed E-state index contributed by atoms with van der Waals surface area (Å²) in [6.07, 6.45) is 2.23. The van der Waals surface area contributed by atoms with Gasteiger partial charge in [0.1, 0.15) is 11.5 Å². The minimum atomic E-state index is -0.788. The Morgan fingerprint density at radius 1 is 0.683 bits per heavy atom. The third kappa shape index (κ3) is 9.66. The van der Waals surface area contributed by atoms with E-state index in [0.29, 0.717) is 17.1 Å². The average molecular weight is 565 g/mol. The van der Waals surface area contributed by atoms with Crippen LogP contribution in [0.3, 0.4) is 0 Å². The second-order valence-corrected chi connectivity index (χ2v) is 7.95. The van der Waals surface area contributed by atoms with Gasteiger partial charge in [-0.25, -0.2) is 23.6 Å². The van der Waals surface area contributed by atoms with E-state index in [9.17, 15) is 23.6 Å². The lowest BCUT2D eigenvalue weighted by Gasteiger charge is -2.09. The van der Waals surface area contributed by atoms with Gasteiger partial charge in [-0.1, -0.05) is 19.2 Å². The molecule has 3 aromatic rings. The molecule has 0 aliphatic rings. The summed E-state index contributed by atoms with van der Waals surface area (Å²) in [7, 11) is 0. The van der Waals surface area contributed by atoms with Crippen LogP contribution in [0.4, 0.5) is 4.39 Å². The third-order valence-electron chi connectivity index (χ3n) is 5.19. The molecule has 0 fully saturated rings. The van der Waals surface area contributed by atoms with Crippen molar-refractivity contribution in [1.82, 2.24) is 0 Å². The molecule has 3 aromatic carbocycles. The number of carbonyl (C=O) groups excluding carboxylic acids is 4. The standard InChI is InChI=1S/C30H25FO10/c1-3-27(32)39-18-37-23-10-6-21(7-11-23)29(34)36-16-15-20-5-14-26(25(31)17-20)41-30(35)22-8-12-24(13-9-22)38-19-40-28(33)4-2/h3-14,17H,1-2,15-16,18-19H2. The van der Waals surface area contributed by atoms with Gasteiger partial charge in [0.2, 0.25) is 13.6 Å². The maximum Gasteiger partial charge on any atom is 0.343 e. The van der Waals surface area contributed by atoms with Crippen LogP contribution in [0.2, 0.25) is 0 Å². The van der Waals surface area contributed by atoms with Crippen molar-refractivity contribution in [2.75, 3.05) is 20.2 Å². The quantitative estimate of drug-likeness (QED) is 0.0904. The highest BCUT2D eigenvalue weighted by Gasteiger charge is 2.14. The van der Waals surface area contributed by atoms with E-state index >= 15 is 0 Å². The number of hydrogen-bond donors (Lipinski definition) is 0. The summed E-state index contributed by atoms with van der Waals surface area (Å²) < 4.78 is 44.8. The predicted octanol–water partition coefficient (Wildman–Crippen LogP) is 4.58. The van der Waals surface area contributed by atoms with E-state index in [2.05, 4.69) is 13.2 Å². The summed E-state index contributed by atoms with van der Waals surface area (Å²) in [6.45, 7) is 5.89. The van der Waals surface area contributed by atoms with Gasteiger partial charge in [0.05, 0.1) is 17.7 Å². The summed E-state index contributed by atoms with van der Waals surface area (Å²) in [5.74, 6) is -2.95. The van der Waals surface area contributed by atoms with Crippen LogP contribution < -0.4 is 14.2 Å². The Bertz CT molecular complexity index is 1400. The molecule has 0 aliphatic carbocycles. The summed E-state index contributed by atoms with van der Waals surface area (Å²) in [6, 6.07) is 15.8. The fourth-order valence-electron chi connectivity index (χ4n) is 3.09. The predicted molar refractivity (Wildman–Crippen MR) is 142 cm³/mol. The molecule has 0 atom stereocenters. The number of rotatable bonds is 14. The molecule has 10 nitrogen and oxygen atoms in total. The van der Waals surface area contributed by atoms with Crippen LogP contribution in [0.1, 0.15) is 26.3 Å². The number of carbonyl (C=O) groups is 4. The Balaban J connectivity index is 1.44. The largest absolute Gasteiger partial charge is 0.462 e. The number of hydrogen-bond acceptors (Lipinski definition) is 10. The van der Waals surface area contributed by atoms with Crippen molar-refractivity contribution in [3.05, 3.63) is 115 Å². The van der Waals surface area contributed by atoms with Crippen LogP contribution >= 0.6 is 0 Å². The first-order valence-electron chi connectivity index (χ1n) is 12.0. The molecular formula is C30H25FO10. The van der Waals surface area contributed by atoms with Crippen LogP contribution in [0.15, 0.2) is 92.0 Å². The molecule has 3 rings (SSSR count). The van der Waals surface area contributed by atoms with Crippen molar-refractivity contribution in [3.63, 3.8) is 0 Å². The van der Waals surface area contributed by atoms with E-state index in [1.807, 2.05) is 0 Å². The fourth-order valence-corrected chi connectivity index (χ4v) is 3.09. The van der Waals surface area contributed by atoms with Crippen LogP contribution in [0.5, 0.6) is 17.2 Å². The fraction of sp³-hybridized carbons (Fsp3) is 0.133. The Kier molecular flexibility index (Phi) is 11.2. The van der Waals surface area contributed by atoms with Gasteiger partial charge in [-0.2, -0.15) is 0 Å². The van der Waals surface area contributed by atoms with Gasteiger partial charge in [-0.15, -0.1) is 0 Å². The molecular weight excluding hydrogens is 539 g/mol. The Hall–Kier alpha value is -5.45. The smallest absolute Gasteiger partial charge is 0.343 e. The molecule has 0 aliphatic heterocycles. The van der Waals surface area contributed by atoms with Crippen LogP contribution in [0.25, 0.3) is 0 Å². The molecule has 0 saturated carbocycles. The highest BCUT2D eigenvalue weighted by molar-refractivity contribution is 5.91. The van der Waals surface area contributed by atoms with Gasteiger partial charge in [0.15, 0.2) is 11.6 Å². The molecule has 0 saturated heterocycles.